The topological polar surface area (TPSA) is 123 Å². The molecular formula is C30H36F3N7O4S. The lowest BCUT2D eigenvalue weighted by Crippen LogP contribution is -2.41. The molecule has 2 fully saturated rings. The lowest BCUT2D eigenvalue weighted by molar-refractivity contribution is -0.190. The van der Waals surface area contributed by atoms with E-state index in [1.165, 1.54) is 28.9 Å². The van der Waals surface area contributed by atoms with E-state index < -0.39 is 33.1 Å². The molecule has 15 heteroatoms. The molecule has 4 bridgehead atoms. The van der Waals surface area contributed by atoms with Crippen LogP contribution < -0.4 is 19.3 Å². The van der Waals surface area contributed by atoms with Crippen molar-refractivity contribution in [2.75, 3.05) is 36.5 Å². The van der Waals surface area contributed by atoms with Crippen LogP contribution in [-0.2, 0) is 10.0 Å². The summed E-state index contributed by atoms with van der Waals surface area (Å²) in [6, 6.07) is 9.25. The summed E-state index contributed by atoms with van der Waals surface area (Å²) in [5, 5.41) is 4.08. The van der Waals surface area contributed by atoms with E-state index in [2.05, 4.69) is 28.7 Å². The van der Waals surface area contributed by atoms with Crippen LogP contribution in [0.2, 0.25) is 0 Å². The van der Waals surface area contributed by atoms with Gasteiger partial charge in [0.25, 0.3) is 15.9 Å². The van der Waals surface area contributed by atoms with Crippen molar-refractivity contribution >= 4 is 27.6 Å². The van der Waals surface area contributed by atoms with Crippen molar-refractivity contribution in [3.8, 4) is 11.7 Å². The van der Waals surface area contributed by atoms with Crippen molar-refractivity contribution in [2.45, 2.75) is 69.1 Å². The molecule has 1 unspecified atom stereocenters. The molecule has 2 aliphatic heterocycles. The summed E-state index contributed by atoms with van der Waals surface area (Å²) < 4.78 is 75.5. The van der Waals surface area contributed by atoms with Gasteiger partial charge in [0.1, 0.15) is 11.6 Å². The third-order valence-electron chi connectivity index (χ3n) is 9.11. The van der Waals surface area contributed by atoms with Crippen LogP contribution in [0.25, 0.3) is 5.82 Å². The molecular weight excluding hydrogens is 611 g/mol. The first kappa shape index (κ1) is 31.1. The van der Waals surface area contributed by atoms with Crippen LogP contribution in [-0.4, -0.2) is 72.5 Å². The number of ether oxygens (including phenoxy) is 1. The van der Waals surface area contributed by atoms with Crippen LogP contribution >= 0.6 is 0 Å². The number of aromatic nitrogens is 4. The number of sulfonamides is 1. The van der Waals surface area contributed by atoms with Crippen molar-refractivity contribution in [3.05, 3.63) is 48.2 Å². The van der Waals surface area contributed by atoms with Crippen LogP contribution in [0.3, 0.4) is 0 Å². The first-order valence-corrected chi connectivity index (χ1v) is 16.5. The van der Waals surface area contributed by atoms with E-state index in [0.29, 0.717) is 36.5 Å². The molecule has 1 saturated carbocycles. The van der Waals surface area contributed by atoms with Gasteiger partial charge in [-0.25, -0.2) is 19.4 Å². The Morgan fingerprint density at radius 3 is 2.60 bits per heavy atom. The SMILES string of the molecule is CN1CCCC2CN(c3nc(-n4ccc(OCCC5(C(F)(F)F)CC5)n4)ccc3C(=O)NS(=O)(=O)c3cccc1n3)C(C)(C)C2. The van der Waals surface area contributed by atoms with Crippen LogP contribution in [0.15, 0.2) is 47.6 Å². The van der Waals surface area contributed by atoms with Crippen LogP contribution in [0.1, 0.15) is 62.7 Å². The van der Waals surface area contributed by atoms with Gasteiger partial charge < -0.3 is 14.5 Å². The summed E-state index contributed by atoms with van der Waals surface area (Å²) in [7, 11) is -2.45. The van der Waals surface area contributed by atoms with E-state index >= 15 is 0 Å². The molecule has 0 radical (unpaired) electrons. The largest absolute Gasteiger partial charge is 0.477 e. The van der Waals surface area contributed by atoms with Crippen molar-refractivity contribution in [1.82, 2.24) is 24.5 Å². The molecule has 1 saturated heterocycles. The minimum Gasteiger partial charge on any atom is -0.477 e. The third-order valence-corrected chi connectivity index (χ3v) is 10.3. The average molecular weight is 648 g/mol. The van der Waals surface area contributed by atoms with Gasteiger partial charge in [-0.15, -0.1) is 5.10 Å². The quantitative estimate of drug-likeness (QED) is 0.419. The second-order valence-corrected chi connectivity index (χ2v) is 14.5. The van der Waals surface area contributed by atoms with E-state index in [9.17, 15) is 26.4 Å². The highest BCUT2D eigenvalue weighted by Crippen LogP contribution is 2.59. The zero-order valence-corrected chi connectivity index (χ0v) is 26.2. The van der Waals surface area contributed by atoms with E-state index in [1.54, 1.807) is 18.3 Å². The predicted octanol–water partition coefficient (Wildman–Crippen LogP) is 4.73. The number of nitrogens with zero attached hydrogens (tertiary/aromatic N) is 6. The van der Waals surface area contributed by atoms with E-state index in [0.717, 1.165) is 19.3 Å². The van der Waals surface area contributed by atoms with Crippen molar-refractivity contribution in [3.63, 3.8) is 0 Å². The number of anilines is 2. The molecule has 3 aromatic heterocycles. The van der Waals surface area contributed by atoms with Gasteiger partial charge >= 0.3 is 6.18 Å². The van der Waals surface area contributed by atoms with Crippen molar-refractivity contribution in [1.29, 1.82) is 0 Å². The van der Waals surface area contributed by atoms with Gasteiger partial charge in [0.15, 0.2) is 10.8 Å². The highest BCUT2D eigenvalue weighted by atomic mass is 32.2. The molecule has 5 heterocycles. The first-order valence-electron chi connectivity index (χ1n) is 15.0. The van der Waals surface area contributed by atoms with Gasteiger partial charge in [-0.05, 0) is 82.6 Å². The fraction of sp³-hybridized carbons (Fsp3) is 0.533. The van der Waals surface area contributed by atoms with E-state index in [4.69, 9.17) is 9.72 Å². The highest BCUT2D eigenvalue weighted by molar-refractivity contribution is 7.90. The summed E-state index contributed by atoms with van der Waals surface area (Å²) >= 11 is 0. The second kappa shape index (κ2) is 11.2. The Kier molecular flexibility index (Phi) is 7.73. The fourth-order valence-electron chi connectivity index (χ4n) is 6.32. The highest BCUT2D eigenvalue weighted by Gasteiger charge is 2.62. The number of rotatable bonds is 5. The van der Waals surface area contributed by atoms with Crippen molar-refractivity contribution < 1.29 is 31.1 Å². The molecule has 6 rings (SSSR count). The van der Waals surface area contributed by atoms with E-state index in [1.807, 2.05) is 16.8 Å². The number of hydrogen-bond donors (Lipinski definition) is 1. The van der Waals surface area contributed by atoms with Gasteiger partial charge in [-0.3, -0.25) is 4.79 Å². The summed E-state index contributed by atoms with van der Waals surface area (Å²) in [5.41, 5.74) is -1.98. The van der Waals surface area contributed by atoms with Gasteiger partial charge in [0.2, 0.25) is 5.88 Å². The fourth-order valence-corrected chi connectivity index (χ4v) is 7.25. The van der Waals surface area contributed by atoms with Crippen LogP contribution in [0.4, 0.5) is 24.8 Å². The number of carbonyl (C=O) groups is 1. The molecule has 45 heavy (non-hydrogen) atoms. The number of fused-ring (bicyclic) bond motifs is 6. The number of hydrogen-bond acceptors (Lipinski definition) is 9. The molecule has 1 amide bonds. The summed E-state index contributed by atoms with van der Waals surface area (Å²) in [5.74, 6) is 0.744. The molecule has 3 aromatic rings. The number of carbonyl (C=O) groups excluding carboxylic acids is 1. The summed E-state index contributed by atoms with van der Waals surface area (Å²) in [6.07, 6.45) is 0.0184. The maximum absolute atomic E-state index is 13.6. The zero-order valence-electron chi connectivity index (χ0n) is 25.3. The Morgan fingerprint density at radius 2 is 1.87 bits per heavy atom. The average Bonchev–Trinajstić information content (AvgIpc) is 3.53. The number of nitrogens with one attached hydrogen (secondary N) is 1. The Hall–Kier alpha value is -3.88. The summed E-state index contributed by atoms with van der Waals surface area (Å²) in [4.78, 5) is 26.7. The molecule has 0 aromatic carbocycles. The smallest absolute Gasteiger partial charge is 0.394 e. The predicted molar refractivity (Wildman–Crippen MR) is 160 cm³/mol. The first-order chi connectivity index (χ1) is 21.2. The van der Waals surface area contributed by atoms with Crippen LogP contribution in [0, 0.1) is 11.3 Å². The Morgan fingerprint density at radius 1 is 1.09 bits per heavy atom. The Labute approximate surface area is 259 Å². The zero-order chi connectivity index (χ0) is 32.2. The molecule has 242 valence electrons. The normalized spacial score (nSPS) is 22.2. The maximum Gasteiger partial charge on any atom is 0.394 e. The number of amides is 1. The molecule has 11 nitrogen and oxygen atoms in total. The lowest BCUT2D eigenvalue weighted by Gasteiger charge is -2.34. The molecule has 1 atom stereocenters. The third kappa shape index (κ3) is 6.18. The maximum atomic E-state index is 13.6. The summed E-state index contributed by atoms with van der Waals surface area (Å²) in [6.45, 7) is 5.30. The van der Waals surface area contributed by atoms with Crippen molar-refractivity contribution in [2.24, 2.45) is 11.3 Å². The Balaban J connectivity index is 1.31. The van der Waals surface area contributed by atoms with Gasteiger partial charge in [-0.2, -0.15) is 21.6 Å². The number of pyridine rings is 2. The van der Waals surface area contributed by atoms with Gasteiger partial charge in [0.05, 0.1) is 17.6 Å². The Bertz CT molecular complexity index is 1710. The standard InChI is InChI=1S/C30H36F3N7O4S/c1-28(2)18-20-6-5-15-38(3)22-7-4-8-25(34-22)45(42,43)37-27(41)21-9-10-23(35-26(21)39(28)19-20)40-16-11-24(36-40)44-17-14-29(12-13-29)30(31,32)33/h4,7-11,16,20H,5-6,12-15,17-19H2,1-3H3,(H,37,41). The molecule has 1 aliphatic carbocycles. The molecule has 3 aliphatic rings. The van der Waals surface area contributed by atoms with Gasteiger partial charge in [0, 0.05) is 37.9 Å². The van der Waals surface area contributed by atoms with E-state index in [-0.39, 0.29) is 42.3 Å². The number of alkyl halides is 3. The van der Waals surface area contributed by atoms with Crippen LogP contribution in [0.5, 0.6) is 5.88 Å². The lowest BCUT2D eigenvalue weighted by atomic mass is 9.93. The molecule has 1 N–H and O–H groups in total. The number of halogens is 3. The van der Waals surface area contributed by atoms with Gasteiger partial charge in [-0.1, -0.05) is 6.07 Å². The molecule has 0 spiro atoms. The minimum absolute atomic E-state index is 0.0738. The minimum atomic E-state index is -4.31. The second-order valence-electron chi connectivity index (χ2n) is 12.8. The monoisotopic (exact) mass is 647 g/mol.